The molecule has 1 unspecified atom stereocenters. The highest BCUT2D eigenvalue weighted by atomic mass is 16.3. The first-order valence-electron chi connectivity index (χ1n) is 9.54. The van der Waals surface area contributed by atoms with Crippen LogP contribution < -0.4 is 0 Å². The zero-order valence-corrected chi connectivity index (χ0v) is 16.6. The number of aliphatic hydroxyl groups excluding tert-OH is 1. The fraction of sp³-hybridized carbons (Fsp3) is 0.167. The van der Waals surface area contributed by atoms with Crippen LogP contribution in [0, 0.1) is 13.8 Å². The fourth-order valence-corrected chi connectivity index (χ4v) is 3.75. The van der Waals surface area contributed by atoms with Crippen molar-refractivity contribution >= 4 is 17.4 Å². The van der Waals surface area contributed by atoms with E-state index in [1.54, 1.807) is 30.3 Å². The van der Waals surface area contributed by atoms with E-state index < -0.39 is 17.7 Å². The molecule has 0 radical (unpaired) electrons. The summed E-state index contributed by atoms with van der Waals surface area (Å²) in [6, 6.07) is 14.4. The number of carbonyl (C=O) groups is 2. The van der Waals surface area contributed by atoms with E-state index in [1.807, 2.05) is 26.0 Å². The van der Waals surface area contributed by atoms with Crippen LogP contribution in [0.3, 0.4) is 0 Å². The molecular formula is C24H21NO5. The van der Waals surface area contributed by atoms with Crippen LogP contribution in [0.4, 0.5) is 0 Å². The second-order valence-corrected chi connectivity index (χ2v) is 7.42. The Bertz CT molecular complexity index is 1140. The summed E-state index contributed by atoms with van der Waals surface area (Å²) in [5, 5.41) is 20.8. The van der Waals surface area contributed by atoms with E-state index in [4.69, 9.17) is 4.42 Å². The van der Waals surface area contributed by atoms with Crippen LogP contribution in [0.15, 0.2) is 70.9 Å². The molecule has 1 saturated heterocycles. The summed E-state index contributed by atoms with van der Waals surface area (Å²) >= 11 is 0. The van der Waals surface area contributed by atoms with Gasteiger partial charge in [-0.1, -0.05) is 29.8 Å². The molecule has 1 aliphatic rings. The molecule has 0 bridgehead atoms. The number of aromatic hydroxyl groups is 1. The maximum atomic E-state index is 13.0. The van der Waals surface area contributed by atoms with Gasteiger partial charge in [0.15, 0.2) is 0 Å². The number of rotatable bonds is 4. The van der Waals surface area contributed by atoms with Crippen molar-refractivity contribution in [2.24, 2.45) is 0 Å². The van der Waals surface area contributed by atoms with E-state index in [-0.39, 0.29) is 23.6 Å². The summed E-state index contributed by atoms with van der Waals surface area (Å²) in [6.07, 6.45) is 1.50. The standard InChI is InChI=1S/C24H21NO5/c1-14-5-6-15(2)19(12-14)22(27)20-21(16-7-9-17(26)10-8-16)25(24(29)23(20)28)13-18-4-3-11-30-18/h3-12,21,26-27H,13H2,1-2H3/b22-20+. The summed E-state index contributed by atoms with van der Waals surface area (Å²) in [5.41, 5.74) is 2.85. The highest BCUT2D eigenvalue weighted by Gasteiger charge is 2.46. The highest BCUT2D eigenvalue weighted by Crippen LogP contribution is 2.41. The Labute approximate surface area is 173 Å². The lowest BCUT2D eigenvalue weighted by atomic mass is 9.93. The van der Waals surface area contributed by atoms with E-state index in [2.05, 4.69) is 0 Å². The predicted octanol–water partition coefficient (Wildman–Crippen LogP) is 4.22. The Morgan fingerprint density at radius 1 is 1.07 bits per heavy atom. The van der Waals surface area contributed by atoms with Gasteiger partial charge in [0.25, 0.3) is 11.7 Å². The molecule has 1 atom stereocenters. The zero-order chi connectivity index (χ0) is 21.4. The first kappa shape index (κ1) is 19.5. The summed E-state index contributed by atoms with van der Waals surface area (Å²) in [4.78, 5) is 27.3. The average molecular weight is 403 g/mol. The van der Waals surface area contributed by atoms with Gasteiger partial charge in [0, 0.05) is 5.56 Å². The number of likely N-dealkylation sites (tertiary alicyclic amines) is 1. The minimum atomic E-state index is -0.810. The van der Waals surface area contributed by atoms with Crippen LogP contribution in [0.1, 0.15) is 34.1 Å². The van der Waals surface area contributed by atoms with Crippen molar-refractivity contribution < 1.29 is 24.2 Å². The van der Waals surface area contributed by atoms with Crippen LogP contribution in [0.5, 0.6) is 5.75 Å². The van der Waals surface area contributed by atoms with Crippen molar-refractivity contribution in [2.75, 3.05) is 0 Å². The second-order valence-electron chi connectivity index (χ2n) is 7.42. The predicted molar refractivity (Wildman–Crippen MR) is 111 cm³/mol. The van der Waals surface area contributed by atoms with Crippen molar-refractivity contribution in [2.45, 2.75) is 26.4 Å². The number of aliphatic hydroxyl groups is 1. The number of benzene rings is 2. The largest absolute Gasteiger partial charge is 0.508 e. The van der Waals surface area contributed by atoms with Gasteiger partial charge in [0.1, 0.15) is 17.3 Å². The van der Waals surface area contributed by atoms with Crippen molar-refractivity contribution in [3.63, 3.8) is 0 Å². The zero-order valence-electron chi connectivity index (χ0n) is 16.6. The third-order valence-electron chi connectivity index (χ3n) is 5.30. The number of Topliss-reactive ketones (excluding diaryl/α,β-unsaturated/α-hetero) is 1. The molecule has 152 valence electrons. The van der Waals surface area contributed by atoms with Gasteiger partial charge in [-0.2, -0.15) is 0 Å². The minimum Gasteiger partial charge on any atom is -0.508 e. The third kappa shape index (κ3) is 3.37. The first-order valence-corrected chi connectivity index (χ1v) is 9.54. The highest BCUT2D eigenvalue weighted by molar-refractivity contribution is 6.46. The number of aryl methyl sites for hydroxylation is 2. The Balaban J connectivity index is 1.90. The monoisotopic (exact) mass is 403 g/mol. The Morgan fingerprint density at radius 2 is 1.80 bits per heavy atom. The quantitative estimate of drug-likeness (QED) is 0.387. The third-order valence-corrected chi connectivity index (χ3v) is 5.30. The SMILES string of the molecule is Cc1ccc(C)c(/C(O)=C2\C(=O)C(=O)N(Cc3ccco3)C2c2ccc(O)cc2)c1. The van der Waals surface area contributed by atoms with E-state index in [0.717, 1.165) is 11.1 Å². The number of nitrogens with zero attached hydrogens (tertiary/aromatic N) is 1. The summed E-state index contributed by atoms with van der Waals surface area (Å²) in [6.45, 7) is 3.80. The number of hydrogen-bond acceptors (Lipinski definition) is 5. The molecule has 30 heavy (non-hydrogen) atoms. The van der Waals surface area contributed by atoms with E-state index in [9.17, 15) is 19.8 Å². The van der Waals surface area contributed by atoms with Gasteiger partial charge in [-0.05, 0) is 55.3 Å². The summed E-state index contributed by atoms with van der Waals surface area (Å²) < 4.78 is 5.37. The molecule has 2 N–H and O–H groups in total. The molecule has 2 aromatic carbocycles. The molecule has 0 spiro atoms. The Morgan fingerprint density at radius 3 is 2.47 bits per heavy atom. The average Bonchev–Trinajstić information content (AvgIpc) is 3.32. The molecule has 1 aliphatic heterocycles. The summed E-state index contributed by atoms with van der Waals surface area (Å²) in [7, 11) is 0. The van der Waals surface area contributed by atoms with Crippen LogP contribution >= 0.6 is 0 Å². The first-order chi connectivity index (χ1) is 14.4. The number of phenolic OH excluding ortho intramolecular Hbond substituents is 1. The number of carbonyl (C=O) groups excluding carboxylic acids is 2. The Kier molecular flexibility index (Phi) is 4.91. The number of amides is 1. The molecule has 4 rings (SSSR count). The van der Waals surface area contributed by atoms with Gasteiger partial charge >= 0.3 is 0 Å². The van der Waals surface area contributed by atoms with Gasteiger partial charge in [0.05, 0.1) is 24.4 Å². The molecule has 0 saturated carbocycles. The number of ketones is 1. The molecule has 0 aliphatic carbocycles. The van der Waals surface area contributed by atoms with Gasteiger partial charge < -0.3 is 19.5 Å². The van der Waals surface area contributed by atoms with Gasteiger partial charge in [-0.15, -0.1) is 0 Å². The Hall–Kier alpha value is -3.80. The molecule has 1 fully saturated rings. The van der Waals surface area contributed by atoms with Gasteiger partial charge in [-0.3, -0.25) is 9.59 Å². The molecule has 2 heterocycles. The lowest BCUT2D eigenvalue weighted by Crippen LogP contribution is -2.29. The van der Waals surface area contributed by atoms with Crippen molar-refractivity contribution in [3.05, 3.63) is 94.4 Å². The van der Waals surface area contributed by atoms with E-state index >= 15 is 0 Å². The van der Waals surface area contributed by atoms with Crippen LogP contribution in [-0.2, 0) is 16.1 Å². The van der Waals surface area contributed by atoms with Crippen molar-refractivity contribution in [1.82, 2.24) is 4.90 Å². The maximum absolute atomic E-state index is 13.0. The molecule has 6 nitrogen and oxygen atoms in total. The van der Waals surface area contributed by atoms with Gasteiger partial charge in [0.2, 0.25) is 0 Å². The van der Waals surface area contributed by atoms with Crippen LogP contribution in [-0.4, -0.2) is 26.8 Å². The normalized spacial score (nSPS) is 18.2. The summed E-state index contributed by atoms with van der Waals surface area (Å²) in [5.74, 6) is -1.09. The molecule has 3 aromatic rings. The van der Waals surface area contributed by atoms with E-state index in [0.29, 0.717) is 16.9 Å². The smallest absolute Gasteiger partial charge is 0.296 e. The number of phenols is 1. The van der Waals surface area contributed by atoms with Crippen LogP contribution in [0.25, 0.3) is 5.76 Å². The lowest BCUT2D eigenvalue weighted by molar-refractivity contribution is -0.140. The number of furan rings is 1. The molecule has 6 heteroatoms. The van der Waals surface area contributed by atoms with Crippen LogP contribution in [0.2, 0.25) is 0 Å². The minimum absolute atomic E-state index is 0.0194. The van der Waals surface area contributed by atoms with E-state index in [1.165, 1.54) is 23.3 Å². The maximum Gasteiger partial charge on any atom is 0.296 e. The lowest BCUT2D eigenvalue weighted by Gasteiger charge is -2.24. The molecular weight excluding hydrogens is 382 g/mol. The molecule has 1 amide bonds. The van der Waals surface area contributed by atoms with Crippen molar-refractivity contribution in [3.8, 4) is 5.75 Å². The topological polar surface area (TPSA) is 91.0 Å². The van der Waals surface area contributed by atoms with Crippen molar-refractivity contribution in [1.29, 1.82) is 0 Å². The number of hydrogen-bond donors (Lipinski definition) is 2. The fourth-order valence-electron chi connectivity index (χ4n) is 3.75. The molecule has 1 aromatic heterocycles. The second kappa shape index (κ2) is 7.55. The van der Waals surface area contributed by atoms with Gasteiger partial charge in [-0.25, -0.2) is 0 Å².